The zero-order chi connectivity index (χ0) is 28.3. The van der Waals surface area contributed by atoms with E-state index in [0.29, 0.717) is 0 Å². The van der Waals surface area contributed by atoms with Gasteiger partial charge in [0.05, 0.1) is 22.4 Å². The van der Waals surface area contributed by atoms with Gasteiger partial charge >= 0.3 is 11.7 Å². The number of fused-ring (bicyclic) bond motifs is 5. The quantitative estimate of drug-likeness (QED) is 0.106. The van der Waals surface area contributed by atoms with Gasteiger partial charge in [-0.1, -0.05) is 71.8 Å². The average Bonchev–Trinajstić information content (AvgIpc) is 3.55. The molecule has 40 heavy (non-hydrogen) atoms. The Labute approximate surface area is 230 Å². The summed E-state index contributed by atoms with van der Waals surface area (Å²) < 4.78 is 4.95. The number of ether oxygens (including phenoxy) is 1. The van der Waals surface area contributed by atoms with Crippen molar-refractivity contribution in [2.24, 2.45) is 23.7 Å². The van der Waals surface area contributed by atoms with Crippen LogP contribution in [0.4, 0.5) is 11.4 Å². The van der Waals surface area contributed by atoms with Crippen molar-refractivity contribution >= 4 is 34.7 Å². The molecular formula is C32H26N2O6. The third-order valence-corrected chi connectivity index (χ3v) is 8.04. The summed E-state index contributed by atoms with van der Waals surface area (Å²) in [5.74, 6) is -3.47. The van der Waals surface area contributed by atoms with E-state index >= 15 is 0 Å². The third kappa shape index (κ3) is 3.95. The Morgan fingerprint density at radius 1 is 0.825 bits per heavy atom. The number of carbonyl (C=O) groups is 3. The number of nitro groups is 1. The second-order valence-electron chi connectivity index (χ2n) is 10.6. The summed E-state index contributed by atoms with van der Waals surface area (Å²) in [5.41, 5.74) is 6.01. The van der Waals surface area contributed by atoms with Crippen molar-refractivity contribution in [3.8, 4) is 5.75 Å². The summed E-state index contributed by atoms with van der Waals surface area (Å²) >= 11 is 0. The number of hydrogen-bond donors (Lipinski definition) is 0. The minimum atomic E-state index is -0.710. The van der Waals surface area contributed by atoms with Crippen LogP contribution in [0.5, 0.6) is 5.75 Å². The molecule has 4 atom stereocenters. The van der Waals surface area contributed by atoms with E-state index < -0.39 is 28.4 Å². The maximum Gasteiger partial charge on any atom is 0.313 e. The maximum atomic E-state index is 13.9. The highest BCUT2D eigenvalue weighted by Crippen LogP contribution is 2.59. The molecule has 8 nitrogen and oxygen atoms in total. The van der Waals surface area contributed by atoms with Gasteiger partial charge in [0, 0.05) is 24.8 Å². The summed E-state index contributed by atoms with van der Waals surface area (Å²) in [4.78, 5) is 51.1. The minimum absolute atomic E-state index is 0.0919. The molecule has 3 aliphatic rings. The van der Waals surface area contributed by atoms with Gasteiger partial charge in [-0.15, -0.1) is 0 Å². The third-order valence-electron chi connectivity index (χ3n) is 8.04. The average molecular weight is 535 g/mol. The lowest BCUT2D eigenvalue weighted by Crippen LogP contribution is -2.33. The summed E-state index contributed by atoms with van der Waals surface area (Å²) in [7, 11) is 0. The molecule has 0 unspecified atom stereocenters. The number of allylic oxidation sites excluding steroid dienone is 3. The molecular weight excluding hydrogens is 508 g/mol. The molecule has 0 radical (unpaired) electrons. The van der Waals surface area contributed by atoms with Crippen LogP contribution >= 0.6 is 0 Å². The molecule has 1 saturated heterocycles. The molecule has 3 aromatic rings. The van der Waals surface area contributed by atoms with Gasteiger partial charge in [-0.3, -0.25) is 24.5 Å². The van der Waals surface area contributed by atoms with Gasteiger partial charge in [0.25, 0.3) is 0 Å². The predicted octanol–water partition coefficient (Wildman–Crippen LogP) is 5.56. The Morgan fingerprint density at radius 3 is 1.77 bits per heavy atom. The summed E-state index contributed by atoms with van der Waals surface area (Å²) in [5, 5.41) is 11.7. The second kappa shape index (κ2) is 9.41. The molecule has 1 saturated carbocycles. The molecule has 0 spiro atoms. The number of esters is 1. The van der Waals surface area contributed by atoms with Crippen molar-refractivity contribution in [1.82, 2.24) is 0 Å². The van der Waals surface area contributed by atoms with E-state index in [1.165, 1.54) is 12.1 Å². The van der Waals surface area contributed by atoms with E-state index in [1.54, 1.807) is 0 Å². The van der Waals surface area contributed by atoms with Crippen LogP contribution in [0.3, 0.4) is 0 Å². The Balaban J connectivity index is 1.43. The second-order valence-corrected chi connectivity index (χ2v) is 10.6. The fraction of sp³-hybridized carbons (Fsp3) is 0.219. The van der Waals surface area contributed by atoms with Gasteiger partial charge in [0.1, 0.15) is 0 Å². The topological polar surface area (TPSA) is 107 Å². The van der Waals surface area contributed by atoms with Crippen LogP contribution in [-0.4, -0.2) is 22.7 Å². The number of rotatable bonds is 5. The molecule has 3 aromatic carbocycles. The Bertz CT molecular complexity index is 1570. The van der Waals surface area contributed by atoms with Crippen LogP contribution in [0.1, 0.15) is 29.2 Å². The van der Waals surface area contributed by atoms with Crippen LogP contribution in [-0.2, 0) is 14.4 Å². The van der Waals surface area contributed by atoms with E-state index in [9.17, 15) is 24.5 Å². The fourth-order valence-electron chi connectivity index (χ4n) is 6.32. The fourth-order valence-corrected chi connectivity index (χ4v) is 6.32. The van der Waals surface area contributed by atoms with Gasteiger partial charge in [-0.25, -0.2) is 4.90 Å². The van der Waals surface area contributed by atoms with Crippen molar-refractivity contribution < 1.29 is 24.0 Å². The van der Waals surface area contributed by atoms with E-state index in [0.717, 1.165) is 51.3 Å². The molecule has 1 heterocycles. The van der Waals surface area contributed by atoms with Gasteiger partial charge < -0.3 is 4.74 Å². The van der Waals surface area contributed by atoms with Gasteiger partial charge in [0.15, 0.2) is 0 Å². The molecule has 2 fully saturated rings. The number of benzene rings is 3. The predicted molar refractivity (Wildman–Crippen MR) is 148 cm³/mol. The number of amides is 2. The molecule has 0 N–H and O–H groups in total. The first kappa shape index (κ1) is 25.4. The van der Waals surface area contributed by atoms with E-state index in [2.05, 4.69) is 48.5 Å². The highest BCUT2D eigenvalue weighted by Gasteiger charge is 2.62. The van der Waals surface area contributed by atoms with Gasteiger partial charge in [-0.2, -0.15) is 0 Å². The highest BCUT2D eigenvalue weighted by atomic mass is 16.6. The summed E-state index contributed by atoms with van der Waals surface area (Å²) in [6.07, 6.45) is 4.04. The summed E-state index contributed by atoms with van der Waals surface area (Å²) in [6, 6.07) is 20.3. The zero-order valence-electron chi connectivity index (χ0n) is 22.2. The normalized spacial score (nSPS) is 22.6. The van der Waals surface area contributed by atoms with E-state index in [4.69, 9.17) is 4.74 Å². The number of carbonyl (C=O) groups excluding carboxylic acids is 3. The number of hydrogen-bond acceptors (Lipinski definition) is 6. The molecule has 2 amide bonds. The van der Waals surface area contributed by atoms with Crippen molar-refractivity contribution in [3.63, 3.8) is 0 Å². The molecule has 6 rings (SSSR count). The van der Waals surface area contributed by atoms with E-state index in [1.807, 2.05) is 26.0 Å². The van der Waals surface area contributed by atoms with Crippen LogP contribution in [0.25, 0.3) is 5.57 Å². The van der Waals surface area contributed by atoms with Crippen LogP contribution in [0, 0.1) is 47.6 Å². The van der Waals surface area contributed by atoms with Crippen LogP contribution in [0.2, 0.25) is 0 Å². The standard InChI is InChI=1S/C32H26N2O6/c1-17-4-8-20(9-5-17)27(21-10-6-18(2)7-11-21)28-23-13-14-24(28)30-29(23)31(36)33(32(30)37)22-12-15-26(40-19(3)35)25(16-22)34(38)39/h4-16,23-24,29-30H,1-3H3/t23-,24-,29+,30+/m0/s1. The minimum Gasteiger partial charge on any atom is -0.419 e. The smallest absolute Gasteiger partial charge is 0.313 e. The van der Waals surface area contributed by atoms with Crippen molar-refractivity contribution in [2.75, 3.05) is 4.90 Å². The number of nitrogens with zero attached hydrogens (tertiary/aromatic N) is 2. The lowest BCUT2D eigenvalue weighted by atomic mass is 9.85. The lowest BCUT2D eigenvalue weighted by Gasteiger charge is -2.22. The zero-order valence-corrected chi connectivity index (χ0v) is 22.2. The lowest BCUT2D eigenvalue weighted by molar-refractivity contribution is -0.385. The number of aryl methyl sites for hydroxylation is 2. The largest absolute Gasteiger partial charge is 0.419 e. The summed E-state index contributed by atoms with van der Waals surface area (Å²) in [6.45, 7) is 5.20. The molecule has 0 aromatic heterocycles. The van der Waals surface area contributed by atoms with Crippen LogP contribution in [0.15, 0.2) is 84.5 Å². The monoisotopic (exact) mass is 534 g/mol. The maximum absolute atomic E-state index is 13.9. The molecule has 200 valence electrons. The molecule has 2 bridgehead atoms. The number of nitro benzene ring substituents is 1. The van der Waals surface area contributed by atoms with Gasteiger partial charge in [0.2, 0.25) is 17.6 Å². The number of imide groups is 1. The first-order chi connectivity index (χ1) is 19.2. The Hall–Kier alpha value is -4.85. The first-order valence-corrected chi connectivity index (χ1v) is 13.1. The highest BCUT2D eigenvalue weighted by molar-refractivity contribution is 6.23. The Morgan fingerprint density at radius 2 is 1.32 bits per heavy atom. The Kier molecular flexibility index (Phi) is 5.98. The van der Waals surface area contributed by atoms with E-state index in [-0.39, 0.29) is 35.1 Å². The van der Waals surface area contributed by atoms with Crippen molar-refractivity contribution in [3.05, 3.63) is 117 Å². The first-order valence-electron chi connectivity index (χ1n) is 13.1. The van der Waals surface area contributed by atoms with Gasteiger partial charge in [-0.05, 0) is 48.3 Å². The number of anilines is 1. The van der Waals surface area contributed by atoms with Crippen molar-refractivity contribution in [2.45, 2.75) is 20.8 Å². The molecule has 1 aliphatic heterocycles. The van der Waals surface area contributed by atoms with Crippen molar-refractivity contribution in [1.29, 1.82) is 0 Å². The molecule has 2 aliphatic carbocycles. The molecule has 8 heteroatoms. The van der Waals surface area contributed by atoms with Crippen LogP contribution < -0.4 is 9.64 Å². The SMILES string of the molecule is CC(=O)Oc1ccc(N2C(=O)[C@H]3[C@H](C2=O)[C@H]2C=C[C@H]3C2=C(c2ccc(C)cc2)c2ccc(C)cc2)cc1[N+](=O)[O-].